The van der Waals surface area contributed by atoms with E-state index in [1.54, 1.807) is 35.1 Å². The van der Waals surface area contributed by atoms with Gasteiger partial charge >= 0.3 is 0 Å². The highest BCUT2D eigenvalue weighted by atomic mass is 35.5. The van der Waals surface area contributed by atoms with Crippen molar-refractivity contribution >= 4 is 121 Å². The third-order valence-electron chi connectivity index (χ3n) is 11.4. The molecule has 14 heteroatoms. The van der Waals surface area contributed by atoms with Crippen molar-refractivity contribution < 1.29 is 19.2 Å². The lowest BCUT2D eigenvalue weighted by Crippen LogP contribution is -2.41. The van der Waals surface area contributed by atoms with Crippen LogP contribution in [0.5, 0.6) is 0 Å². The number of benzene rings is 5. The van der Waals surface area contributed by atoms with Crippen molar-refractivity contribution in [1.29, 1.82) is 0 Å². The molecule has 0 bridgehead atoms. The van der Waals surface area contributed by atoms with E-state index < -0.39 is 31.7 Å². The predicted molar refractivity (Wildman–Crippen MR) is 233 cm³/mol. The first kappa shape index (κ1) is 39.7. The Morgan fingerprint density at radius 1 is 0.632 bits per heavy atom. The number of unbranched alkanes of at least 4 members (excludes halogenated alkanes) is 4. The third kappa shape index (κ3) is 6.61. The molecule has 0 unspecified atom stereocenters. The highest BCUT2D eigenvalue weighted by Crippen LogP contribution is 2.53. The zero-order valence-corrected chi connectivity index (χ0v) is 36.3. The number of amides is 4. The average molecular weight is 862 g/mol. The second kappa shape index (κ2) is 15.0. The zero-order valence-electron chi connectivity index (χ0n) is 32.3. The Morgan fingerprint density at radius 3 is 1.54 bits per heavy atom. The normalized spacial score (nSPS) is 14.5. The molecule has 0 radical (unpaired) electrons. The molecule has 4 amide bonds. The number of rotatable bonds is 14. The molecule has 3 heterocycles. The minimum absolute atomic E-state index is 0.0948. The maximum Gasteiger partial charge on any atom is 0.261 e. The number of aromatic nitrogens is 3. The molecule has 6 aromatic rings. The molecule has 5 aromatic carbocycles. The fourth-order valence-electron chi connectivity index (χ4n) is 9.04. The molecule has 0 saturated carbocycles. The van der Waals surface area contributed by atoms with Gasteiger partial charge in [-0.15, -0.1) is 11.7 Å². The second-order valence-corrected chi connectivity index (χ2v) is 23.2. The van der Waals surface area contributed by atoms with Gasteiger partial charge in [0, 0.05) is 76.3 Å². The Labute approximate surface area is 351 Å². The van der Waals surface area contributed by atoms with Crippen LogP contribution in [0.4, 0.5) is 0 Å². The highest BCUT2D eigenvalue weighted by molar-refractivity contribution is 6.77. The third-order valence-corrected chi connectivity index (χ3v) is 15.9. The number of carbonyl (C=O) groups excluding carboxylic acids is 4. The van der Waals surface area contributed by atoms with Crippen LogP contribution in [0.25, 0.3) is 43.1 Å². The summed E-state index contributed by atoms with van der Waals surface area (Å²) in [5.74, 6) is -1.98. The van der Waals surface area contributed by atoms with Crippen LogP contribution in [-0.4, -0.2) is 63.0 Å². The van der Waals surface area contributed by atoms with Crippen LogP contribution < -0.4 is 0 Å². The lowest BCUT2D eigenvalue weighted by atomic mass is 9.82. The van der Waals surface area contributed by atoms with Gasteiger partial charge in [0.05, 0.1) is 43.1 Å². The molecule has 0 spiro atoms. The molecule has 1 aromatic heterocycles. The molecule has 9 nitrogen and oxygen atoms in total. The topological polar surface area (TPSA) is 105 Å². The van der Waals surface area contributed by atoms with E-state index in [-0.39, 0.29) is 55.4 Å². The van der Waals surface area contributed by atoms with Crippen molar-refractivity contribution in [3.8, 4) is 0 Å². The van der Waals surface area contributed by atoms with Crippen LogP contribution in [-0.2, 0) is 13.1 Å². The Balaban J connectivity index is 1.14. The van der Waals surface area contributed by atoms with Crippen molar-refractivity contribution in [3.05, 3.63) is 90.7 Å². The van der Waals surface area contributed by atoms with E-state index in [0.717, 1.165) is 30.6 Å². The Hall–Kier alpha value is -4.06. The number of hydrogen-bond acceptors (Lipinski definition) is 6. The van der Waals surface area contributed by atoms with Crippen LogP contribution in [0.1, 0.15) is 99.5 Å². The van der Waals surface area contributed by atoms with Crippen molar-refractivity contribution in [3.63, 3.8) is 0 Å². The van der Waals surface area contributed by atoms with Gasteiger partial charge in [0.1, 0.15) is 5.69 Å². The molecule has 294 valence electrons. The van der Waals surface area contributed by atoms with Crippen molar-refractivity contribution in [2.45, 2.75) is 90.6 Å². The van der Waals surface area contributed by atoms with Gasteiger partial charge in [0.15, 0.2) is 0 Å². The number of imide groups is 2. The maximum atomic E-state index is 14.3. The zero-order chi connectivity index (χ0) is 40.7. The average Bonchev–Trinajstić information content (AvgIpc) is 3.60. The molecule has 2 aliphatic heterocycles. The summed E-state index contributed by atoms with van der Waals surface area (Å²) in [5, 5.41) is 12.8. The summed E-state index contributed by atoms with van der Waals surface area (Å²) in [6.07, 6.45) is 7.60. The molecule has 2 aliphatic rings. The van der Waals surface area contributed by atoms with Crippen LogP contribution in [0.15, 0.2) is 42.6 Å². The summed E-state index contributed by atoms with van der Waals surface area (Å²) in [5.41, 5.74) is 2.73. The van der Waals surface area contributed by atoms with Crippen molar-refractivity contribution in [2.75, 3.05) is 6.54 Å². The van der Waals surface area contributed by atoms with E-state index in [1.807, 2.05) is 6.92 Å². The molecule has 0 atom stereocenters. The smallest absolute Gasteiger partial charge is 0.261 e. The van der Waals surface area contributed by atoms with Gasteiger partial charge in [-0.05, 0) is 50.1 Å². The lowest BCUT2D eigenvalue weighted by molar-refractivity contribution is 0.0586. The molecule has 8 rings (SSSR count). The van der Waals surface area contributed by atoms with Gasteiger partial charge in [-0.1, -0.05) is 109 Å². The number of carbonyl (C=O) groups is 4. The van der Waals surface area contributed by atoms with Crippen LogP contribution >= 0.6 is 46.4 Å². The van der Waals surface area contributed by atoms with Gasteiger partial charge in [0.25, 0.3) is 23.6 Å². The molecule has 0 fully saturated rings. The van der Waals surface area contributed by atoms with Gasteiger partial charge in [-0.2, -0.15) is 0 Å². The largest absolute Gasteiger partial charge is 0.274 e. The van der Waals surface area contributed by atoms with E-state index >= 15 is 0 Å². The van der Waals surface area contributed by atoms with Crippen molar-refractivity contribution in [2.24, 2.45) is 0 Å². The number of hydrogen-bond donors (Lipinski definition) is 0. The first-order valence-electron chi connectivity index (χ1n) is 19.4. The minimum atomic E-state index is -1.24. The SMILES string of the molecule is C=C(C)C[Si](C)(C)CCCCCCn1cc(CN2C(=O)c3cc(Cl)c4c5c(Cl)cc6c7c(cc(Cl)c(c8c(Cl)cc(c3c48)C2=O)c75)C(=O)N(CCCC)C6=O)nn1. The van der Waals surface area contributed by atoms with E-state index in [0.29, 0.717) is 61.7 Å². The lowest BCUT2D eigenvalue weighted by Gasteiger charge is -2.31. The Morgan fingerprint density at radius 2 is 1.09 bits per heavy atom. The number of aryl methyl sites for hydroxylation is 1. The van der Waals surface area contributed by atoms with Gasteiger partial charge in [-0.25, -0.2) is 0 Å². The second-order valence-electron chi connectivity index (χ2n) is 16.4. The van der Waals surface area contributed by atoms with E-state index in [2.05, 4.69) is 36.9 Å². The first-order valence-corrected chi connectivity index (χ1v) is 24.3. The Bertz CT molecular complexity index is 2610. The standard InChI is InChI=1S/C43H41Cl4N5O4Si/c1-6-7-13-51-40(53)24-15-28(44)34-36-30(46)17-26-33-27(18-31(47)37(39(33)36)35-29(45)16-25(41(51)54)32(24)38(34)35)43(56)52(42(26)55)20-23-19-50(49-48-23)12-10-8-9-11-14-57(4,5)21-22(2)3/h15-19H,2,6-14,20-21H2,1,3-5H3. The molecular formula is C43H41Cl4N5O4Si. The quantitative estimate of drug-likeness (QED) is 0.0270. The summed E-state index contributed by atoms with van der Waals surface area (Å²) in [4.78, 5) is 58.6. The van der Waals surface area contributed by atoms with Crippen LogP contribution in [0.2, 0.25) is 45.3 Å². The summed E-state index contributed by atoms with van der Waals surface area (Å²) < 4.78 is 1.76. The van der Waals surface area contributed by atoms with Gasteiger partial charge < -0.3 is 0 Å². The summed E-state index contributed by atoms with van der Waals surface area (Å²) in [7, 11) is -1.24. The van der Waals surface area contributed by atoms with Gasteiger partial charge in [-0.3, -0.25) is 33.7 Å². The highest BCUT2D eigenvalue weighted by Gasteiger charge is 2.39. The summed E-state index contributed by atoms with van der Waals surface area (Å²) in [6.45, 7) is 13.9. The minimum Gasteiger partial charge on any atom is -0.274 e. The fourth-order valence-corrected chi connectivity index (χ4v) is 13.3. The monoisotopic (exact) mass is 859 g/mol. The van der Waals surface area contributed by atoms with E-state index in [1.165, 1.54) is 29.0 Å². The molecule has 0 saturated heterocycles. The van der Waals surface area contributed by atoms with Crippen molar-refractivity contribution in [1.82, 2.24) is 24.8 Å². The van der Waals surface area contributed by atoms with Crippen LogP contribution in [0, 0.1) is 0 Å². The molecule has 0 N–H and O–H groups in total. The predicted octanol–water partition coefficient (Wildman–Crippen LogP) is 12.0. The van der Waals surface area contributed by atoms with Gasteiger partial charge in [0.2, 0.25) is 0 Å². The number of fused-ring (bicyclic) bond motifs is 2. The summed E-state index contributed by atoms with van der Waals surface area (Å²) >= 11 is 28.4. The Kier molecular flexibility index (Phi) is 10.4. The molecular weight excluding hydrogens is 820 g/mol. The van der Waals surface area contributed by atoms with E-state index in [4.69, 9.17) is 46.4 Å². The van der Waals surface area contributed by atoms with Crippen LogP contribution in [0.3, 0.4) is 0 Å². The number of halogens is 4. The molecule has 0 aliphatic carbocycles. The van der Waals surface area contributed by atoms with E-state index in [9.17, 15) is 19.2 Å². The summed E-state index contributed by atoms with van der Waals surface area (Å²) in [6, 6.07) is 8.67. The maximum absolute atomic E-state index is 14.3. The molecule has 57 heavy (non-hydrogen) atoms. The number of nitrogens with zero attached hydrogens (tertiary/aromatic N) is 5. The first-order chi connectivity index (χ1) is 27.1. The fraction of sp³-hybridized carbons (Fsp3) is 0.349. The number of allylic oxidation sites excluding steroid dienone is 1.